The zero-order valence-electron chi connectivity index (χ0n) is 13.5. The average Bonchev–Trinajstić information content (AvgIpc) is 2.44. The lowest BCUT2D eigenvalue weighted by Crippen LogP contribution is -2.43. The predicted octanol–water partition coefficient (Wildman–Crippen LogP) is 1.19. The van der Waals surface area contributed by atoms with Crippen molar-refractivity contribution in [3.05, 3.63) is 0 Å². The second-order valence-corrected chi connectivity index (χ2v) is 5.68. The molecule has 0 saturated carbocycles. The molecule has 3 N–H and O–H groups in total. The number of likely N-dealkylation sites (tertiary alicyclic amines) is 1. The van der Waals surface area contributed by atoms with Gasteiger partial charge >= 0.3 is 0 Å². The molecule has 1 saturated heterocycles. The number of anilines is 3. The lowest BCUT2D eigenvalue weighted by molar-refractivity contribution is 0.190. The van der Waals surface area contributed by atoms with Gasteiger partial charge in [0.2, 0.25) is 17.8 Å². The van der Waals surface area contributed by atoms with Gasteiger partial charge in [-0.1, -0.05) is 0 Å². The molecule has 0 amide bonds. The summed E-state index contributed by atoms with van der Waals surface area (Å²) in [4.78, 5) is 17.4. The first-order valence-electron chi connectivity index (χ1n) is 7.76. The van der Waals surface area contributed by atoms with E-state index >= 15 is 0 Å². The molecule has 1 aromatic heterocycles. The second kappa shape index (κ2) is 6.89. The average molecular weight is 293 g/mol. The SMILES string of the molecule is CCN(CC)c1nc(N)nc(NC2CCN(C)C(C)C2)n1. The highest BCUT2D eigenvalue weighted by molar-refractivity contribution is 5.42. The number of hydrogen-bond acceptors (Lipinski definition) is 7. The van der Waals surface area contributed by atoms with Crippen molar-refractivity contribution in [3.8, 4) is 0 Å². The fraction of sp³-hybridized carbons (Fsp3) is 0.786. The van der Waals surface area contributed by atoms with Crippen LogP contribution >= 0.6 is 0 Å². The molecule has 1 aliphatic heterocycles. The predicted molar refractivity (Wildman–Crippen MR) is 86.5 cm³/mol. The van der Waals surface area contributed by atoms with E-state index in [1.165, 1.54) is 0 Å². The molecule has 0 aliphatic carbocycles. The summed E-state index contributed by atoms with van der Waals surface area (Å²) in [5.41, 5.74) is 5.82. The van der Waals surface area contributed by atoms with Gasteiger partial charge in [0.25, 0.3) is 0 Å². The number of rotatable bonds is 5. The maximum absolute atomic E-state index is 5.82. The monoisotopic (exact) mass is 293 g/mol. The highest BCUT2D eigenvalue weighted by Gasteiger charge is 2.23. The Hall–Kier alpha value is -1.63. The third-order valence-corrected chi connectivity index (χ3v) is 4.23. The minimum atomic E-state index is 0.273. The van der Waals surface area contributed by atoms with Crippen molar-refractivity contribution in [1.82, 2.24) is 19.9 Å². The maximum Gasteiger partial charge on any atom is 0.231 e. The zero-order valence-corrected chi connectivity index (χ0v) is 13.5. The van der Waals surface area contributed by atoms with Crippen LogP contribution in [0.5, 0.6) is 0 Å². The maximum atomic E-state index is 5.82. The number of aromatic nitrogens is 3. The number of piperidine rings is 1. The Kier molecular flexibility index (Phi) is 5.17. The van der Waals surface area contributed by atoms with Crippen molar-refractivity contribution in [3.63, 3.8) is 0 Å². The van der Waals surface area contributed by atoms with Crippen molar-refractivity contribution in [2.75, 3.05) is 42.6 Å². The van der Waals surface area contributed by atoms with Crippen LogP contribution in [0.3, 0.4) is 0 Å². The van der Waals surface area contributed by atoms with E-state index in [1.54, 1.807) is 0 Å². The Morgan fingerprint density at radius 1 is 1.29 bits per heavy atom. The minimum Gasteiger partial charge on any atom is -0.368 e. The molecule has 2 atom stereocenters. The van der Waals surface area contributed by atoms with E-state index < -0.39 is 0 Å². The van der Waals surface area contributed by atoms with Gasteiger partial charge in [0, 0.05) is 31.7 Å². The number of nitrogen functional groups attached to an aromatic ring is 1. The van der Waals surface area contributed by atoms with Crippen molar-refractivity contribution in [2.24, 2.45) is 0 Å². The van der Waals surface area contributed by atoms with E-state index in [4.69, 9.17) is 5.73 Å². The second-order valence-electron chi connectivity index (χ2n) is 5.68. The van der Waals surface area contributed by atoms with E-state index in [-0.39, 0.29) is 5.95 Å². The lowest BCUT2D eigenvalue weighted by atomic mass is 9.99. The van der Waals surface area contributed by atoms with Gasteiger partial charge in [-0.15, -0.1) is 0 Å². The molecule has 1 fully saturated rings. The number of nitrogens with two attached hydrogens (primary N) is 1. The Labute approximate surface area is 127 Å². The van der Waals surface area contributed by atoms with Crippen LogP contribution in [-0.4, -0.2) is 58.6 Å². The van der Waals surface area contributed by atoms with E-state index in [9.17, 15) is 0 Å². The van der Waals surface area contributed by atoms with Crippen LogP contribution in [0, 0.1) is 0 Å². The van der Waals surface area contributed by atoms with Crippen molar-refractivity contribution in [2.45, 2.75) is 45.7 Å². The molecule has 0 aromatic carbocycles. The van der Waals surface area contributed by atoms with Gasteiger partial charge in [-0.3, -0.25) is 0 Å². The summed E-state index contributed by atoms with van der Waals surface area (Å²) in [6, 6.07) is 0.959. The van der Waals surface area contributed by atoms with Crippen LogP contribution in [0.15, 0.2) is 0 Å². The number of nitrogens with zero attached hydrogens (tertiary/aromatic N) is 5. The fourth-order valence-electron chi connectivity index (χ4n) is 2.70. The minimum absolute atomic E-state index is 0.273. The molecule has 2 rings (SSSR count). The smallest absolute Gasteiger partial charge is 0.231 e. The van der Waals surface area contributed by atoms with Gasteiger partial charge in [0.05, 0.1) is 0 Å². The van der Waals surface area contributed by atoms with Gasteiger partial charge in [0.1, 0.15) is 0 Å². The Bertz CT molecular complexity index is 461. The van der Waals surface area contributed by atoms with Crippen LogP contribution < -0.4 is 16.0 Å². The normalized spacial score (nSPS) is 23.0. The van der Waals surface area contributed by atoms with E-state index in [1.807, 2.05) is 0 Å². The van der Waals surface area contributed by atoms with Gasteiger partial charge in [-0.05, 0) is 40.7 Å². The molecule has 118 valence electrons. The van der Waals surface area contributed by atoms with Crippen LogP contribution in [0.25, 0.3) is 0 Å². The van der Waals surface area contributed by atoms with Crippen LogP contribution in [0.4, 0.5) is 17.8 Å². The van der Waals surface area contributed by atoms with Crippen molar-refractivity contribution >= 4 is 17.8 Å². The largest absolute Gasteiger partial charge is 0.368 e. The van der Waals surface area contributed by atoms with Crippen molar-refractivity contribution in [1.29, 1.82) is 0 Å². The molecule has 7 nitrogen and oxygen atoms in total. The molecular formula is C14H27N7. The van der Waals surface area contributed by atoms with Gasteiger partial charge in [0.15, 0.2) is 0 Å². The van der Waals surface area contributed by atoms with E-state index in [0.717, 1.165) is 32.5 Å². The van der Waals surface area contributed by atoms with Gasteiger partial charge in [-0.2, -0.15) is 15.0 Å². The van der Waals surface area contributed by atoms with E-state index in [0.29, 0.717) is 24.0 Å². The van der Waals surface area contributed by atoms with Crippen LogP contribution in [0.2, 0.25) is 0 Å². The molecule has 0 radical (unpaired) electrons. The standard InChI is InChI=1S/C14H27N7/c1-5-21(6-2)14-18-12(15)17-13(19-14)16-11-7-8-20(4)10(3)9-11/h10-11H,5-9H2,1-4H3,(H3,15,16,17,18,19). The molecule has 2 heterocycles. The number of hydrogen-bond donors (Lipinski definition) is 2. The molecule has 0 bridgehead atoms. The molecule has 0 spiro atoms. The summed E-state index contributed by atoms with van der Waals surface area (Å²) < 4.78 is 0. The van der Waals surface area contributed by atoms with Crippen molar-refractivity contribution < 1.29 is 0 Å². The highest BCUT2D eigenvalue weighted by Crippen LogP contribution is 2.19. The Morgan fingerprint density at radius 3 is 2.62 bits per heavy atom. The zero-order chi connectivity index (χ0) is 15.4. The number of nitrogens with one attached hydrogen (secondary N) is 1. The molecule has 1 aliphatic rings. The summed E-state index contributed by atoms with van der Waals surface area (Å²) >= 11 is 0. The molecule has 21 heavy (non-hydrogen) atoms. The summed E-state index contributed by atoms with van der Waals surface area (Å²) in [6.07, 6.45) is 2.18. The Morgan fingerprint density at radius 2 is 2.00 bits per heavy atom. The summed E-state index contributed by atoms with van der Waals surface area (Å²) in [6.45, 7) is 9.19. The summed E-state index contributed by atoms with van der Waals surface area (Å²) in [5.74, 6) is 1.51. The van der Waals surface area contributed by atoms with Gasteiger partial charge in [-0.25, -0.2) is 0 Å². The molecule has 7 heteroatoms. The first-order chi connectivity index (χ1) is 10.0. The first kappa shape index (κ1) is 15.8. The van der Waals surface area contributed by atoms with E-state index in [2.05, 4.69) is 57.9 Å². The Balaban J connectivity index is 2.09. The summed E-state index contributed by atoms with van der Waals surface area (Å²) in [5, 5.41) is 3.42. The molecule has 2 unspecified atom stereocenters. The van der Waals surface area contributed by atoms with Gasteiger partial charge < -0.3 is 20.9 Å². The third kappa shape index (κ3) is 3.93. The quantitative estimate of drug-likeness (QED) is 0.843. The molecular weight excluding hydrogens is 266 g/mol. The summed E-state index contributed by atoms with van der Waals surface area (Å²) in [7, 11) is 2.17. The third-order valence-electron chi connectivity index (χ3n) is 4.23. The first-order valence-corrected chi connectivity index (χ1v) is 7.76. The molecule has 1 aromatic rings. The highest BCUT2D eigenvalue weighted by atomic mass is 15.3. The topological polar surface area (TPSA) is 83.2 Å². The van der Waals surface area contributed by atoms with Crippen LogP contribution in [0.1, 0.15) is 33.6 Å². The van der Waals surface area contributed by atoms with Crippen LogP contribution in [-0.2, 0) is 0 Å². The fourth-order valence-corrected chi connectivity index (χ4v) is 2.70. The lowest BCUT2D eigenvalue weighted by Gasteiger charge is -2.35.